The van der Waals surface area contributed by atoms with Crippen molar-refractivity contribution < 1.29 is 4.74 Å². The second-order valence-corrected chi connectivity index (χ2v) is 4.55. The summed E-state index contributed by atoms with van der Waals surface area (Å²) in [6, 6.07) is 0. The molecule has 0 rings (SSSR count). The van der Waals surface area contributed by atoms with Crippen LogP contribution in [0.4, 0.5) is 0 Å². The summed E-state index contributed by atoms with van der Waals surface area (Å²) in [7, 11) is 2.07. The number of nitrogens with one attached hydrogen (secondary N) is 1. The van der Waals surface area contributed by atoms with Crippen molar-refractivity contribution in [2.24, 2.45) is 4.99 Å². The van der Waals surface area contributed by atoms with E-state index in [-0.39, 0.29) is 0 Å². The van der Waals surface area contributed by atoms with Gasteiger partial charge in [-0.25, -0.2) is 0 Å². The highest BCUT2D eigenvalue weighted by Gasteiger charge is 2.03. The lowest BCUT2D eigenvalue weighted by atomic mass is 10.3. The molecule has 0 aromatic carbocycles. The number of rotatable bonds is 11. The highest BCUT2D eigenvalue weighted by Crippen LogP contribution is 1.95. The van der Waals surface area contributed by atoms with Crippen molar-refractivity contribution in [1.82, 2.24) is 10.2 Å². The van der Waals surface area contributed by atoms with Crippen molar-refractivity contribution in [3.05, 3.63) is 12.7 Å². The van der Waals surface area contributed by atoms with Crippen molar-refractivity contribution in [3.63, 3.8) is 0 Å². The molecule has 0 amide bonds. The quantitative estimate of drug-likeness (QED) is 0.271. The maximum Gasteiger partial charge on any atom is 0.193 e. The molecule has 1 N–H and O–H groups in total. The fourth-order valence-electron chi connectivity index (χ4n) is 1.61. The maximum atomic E-state index is 5.51. The fraction of sp³-hybridized carbons (Fsp3) is 0.800. The molecular weight excluding hydrogens is 238 g/mol. The second kappa shape index (κ2) is 13.4. The van der Waals surface area contributed by atoms with Crippen molar-refractivity contribution in [2.75, 3.05) is 39.9 Å². The van der Waals surface area contributed by atoms with Crippen molar-refractivity contribution >= 4 is 5.96 Å². The minimum absolute atomic E-state index is 0.704. The summed E-state index contributed by atoms with van der Waals surface area (Å²) in [6.45, 7) is 12.2. The summed E-state index contributed by atoms with van der Waals surface area (Å²) in [5.41, 5.74) is 0. The molecule has 4 heteroatoms. The van der Waals surface area contributed by atoms with E-state index in [1.165, 1.54) is 6.42 Å². The lowest BCUT2D eigenvalue weighted by Crippen LogP contribution is -2.39. The van der Waals surface area contributed by atoms with Gasteiger partial charge in [-0.3, -0.25) is 4.99 Å². The van der Waals surface area contributed by atoms with E-state index in [0.29, 0.717) is 6.61 Å². The zero-order valence-corrected chi connectivity index (χ0v) is 13.0. The van der Waals surface area contributed by atoms with Gasteiger partial charge in [-0.1, -0.05) is 19.4 Å². The Hall–Kier alpha value is -1.03. The van der Waals surface area contributed by atoms with Crippen LogP contribution in [0, 0.1) is 0 Å². The predicted octanol–water partition coefficient (Wildman–Crippen LogP) is 2.67. The van der Waals surface area contributed by atoms with Gasteiger partial charge in [0.2, 0.25) is 0 Å². The number of guanidine groups is 1. The normalized spacial score (nSPS) is 11.4. The maximum absolute atomic E-state index is 5.51. The van der Waals surface area contributed by atoms with Crippen LogP contribution in [0.1, 0.15) is 39.5 Å². The lowest BCUT2D eigenvalue weighted by molar-refractivity contribution is 0.138. The number of hydrogen-bond acceptors (Lipinski definition) is 2. The zero-order valence-electron chi connectivity index (χ0n) is 13.0. The van der Waals surface area contributed by atoms with E-state index in [1.54, 1.807) is 0 Å². The molecule has 0 bridgehead atoms. The first kappa shape index (κ1) is 18.0. The average molecular weight is 269 g/mol. The number of aliphatic imine (C=N–C) groups is 1. The molecule has 0 spiro atoms. The van der Waals surface area contributed by atoms with Crippen molar-refractivity contribution in [1.29, 1.82) is 0 Å². The first-order valence-electron chi connectivity index (χ1n) is 7.44. The summed E-state index contributed by atoms with van der Waals surface area (Å²) < 4.78 is 5.51. The molecule has 0 atom stereocenters. The average Bonchev–Trinajstić information content (AvgIpc) is 2.41. The predicted molar refractivity (Wildman–Crippen MR) is 83.8 cm³/mol. The van der Waals surface area contributed by atoms with Gasteiger partial charge in [0, 0.05) is 26.7 Å². The fourth-order valence-corrected chi connectivity index (χ4v) is 1.61. The Labute approximate surface area is 118 Å². The van der Waals surface area contributed by atoms with Gasteiger partial charge in [0.15, 0.2) is 5.96 Å². The van der Waals surface area contributed by atoms with Crippen molar-refractivity contribution in [2.45, 2.75) is 39.5 Å². The van der Waals surface area contributed by atoms with Crippen LogP contribution in [-0.4, -0.2) is 50.8 Å². The Kier molecular flexibility index (Phi) is 12.7. The first-order valence-corrected chi connectivity index (χ1v) is 7.44. The molecule has 0 radical (unpaired) electrons. The third-order valence-corrected chi connectivity index (χ3v) is 2.74. The molecule has 0 heterocycles. The number of ether oxygens (including phenoxy) is 1. The van der Waals surface area contributed by atoms with Crippen molar-refractivity contribution in [3.8, 4) is 0 Å². The first-order chi connectivity index (χ1) is 9.26. The molecule has 0 unspecified atom stereocenters. The monoisotopic (exact) mass is 269 g/mol. The Morgan fingerprint density at radius 1 is 1.32 bits per heavy atom. The van der Waals surface area contributed by atoms with E-state index >= 15 is 0 Å². The van der Waals surface area contributed by atoms with Crippen LogP contribution in [0.5, 0.6) is 0 Å². The van der Waals surface area contributed by atoms with E-state index in [0.717, 1.165) is 51.5 Å². The molecule has 0 aliphatic heterocycles. The van der Waals surface area contributed by atoms with Gasteiger partial charge < -0.3 is 15.0 Å². The van der Waals surface area contributed by atoms with Crippen LogP contribution >= 0.6 is 0 Å². The Morgan fingerprint density at radius 2 is 2.11 bits per heavy atom. The SMILES string of the molecule is C=CCCCN(C)C(=NCCOCCCC)NCC. The number of allylic oxidation sites excluding steroid dienone is 1. The number of unbranched alkanes of at least 4 members (excludes halogenated alkanes) is 2. The standard InChI is InChI=1S/C15H31N3O/c1-5-8-10-12-18(4)15(16-7-3)17-11-14-19-13-9-6-2/h5H,1,6-14H2,2-4H3,(H,16,17). The van der Waals surface area contributed by atoms with Gasteiger partial charge in [0.25, 0.3) is 0 Å². The van der Waals surface area contributed by atoms with Crippen LogP contribution < -0.4 is 5.32 Å². The molecule has 0 aromatic rings. The van der Waals surface area contributed by atoms with Gasteiger partial charge in [-0.2, -0.15) is 0 Å². The van der Waals surface area contributed by atoms with E-state index in [1.807, 2.05) is 6.08 Å². The summed E-state index contributed by atoms with van der Waals surface area (Å²) in [4.78, 5) is 6.74. The molecule has 19 heavy (non-hydrogen) atoms. The Morgan fingerprint density at radius 3 is 2.74 bits per heavy atom. The van der Waals surface area contributed by atoms with Crippen LogP contribution in [0.15, 0.2) is 17.6 Å². The highest BCUT2D eigenvalue weighted by molar-refractivity contribution is 5.79. The van der Waals surface area contributed by atoms with E-state index in [9.17, 15) is 0 Å². The van der Waals surface area contributed by atoms with Gasteiger partial charge in [-0.15, -0.1) is 6.58 Å². The van der Waals surface area contributed by atoms with Gasteiger partial charge in [0.1, 0.15) is 0 Å². The number of nitrogens with zero attached hydrogens (tertiary/aromatic N) is 2. The minimum atomic E-state index is 0.704. The molecule has 0 fully saturated rings. The summed E-state index contributed by atoms with van der Waals surface area (Å²) in [6.07, 6.45) is 6.42. The topological polar surface area (TPSA) is 36.9 Å². The molecule has 0 aliphatic rings. The lowest BCUT2D eigenvalue weighted by Gasteiger charge is -2.21. The summed E-state index contributed by atoms with van der Waals surface area (Å²) in [5.74, 6) is 0.964. The highest BCUT2D eigenvalue weighted by atomic mass is 16.5. The molecule has 4 nitrogen and oxygen atoms in total. The molecular formula is C15H31N3O. The van der Waals surface area contributed by atoms with E-state index in [4.69, 9.17) is 4.74 Å². The van der Waals surface area contributed by atoms with Crippen LogP contribution in [0.3, 0.4) is 0 Å². The Bertz CT molecular complexity index is 242. The zero-order chi connectivity index (χ0) is 14.3. The minimum Gasteiger partial charge on any atom is -0.380 e. The molecule has 0 saturated carbocycles. The van der Waals surface area contributed by atoms with Gasteiger partial charge in [-0.05, 0) is 26.2 Å². The molecule has 0 saturated heterocycles. The van der Waals surface area contributed by atoms with Crippen LogP contribution in [0.2, 0.25) is 0 Å². The van der Waals surface area contributed by atoms with Gasteiger partial charge in [0.05, 0.1) is 13.2 Å². The van der Waals surface area contributed by atoms with E-state index in [2.05, 4.69) is 42.7 Å². The third-order valence-electron chi connectivity index (χ3n) is 2.74. The van der Waals surface area contributed by atoms with Crippen LogP contribution in [-0.2, 0) is 4.74 Å². The van der Waals surface area contributed by atoms with Crippen LogP contribution in [0.25, 0.3) is 0 Å². The molecule has 0 aromatic heterocycles. The summed E-state index contributed by atoms with van der Waals surface area (Å²) >= 11 is 0. The smallest absolute Gasteiger partial charge is 0.193 e. The molecule has 112 valence electrons. The van der Waals surface area contributed by atoms with Gasteiger partial charge >= 0.3 is 0 Å². The number of hydrogen-bond donors (Lipinski definition) is 1. The largest absolute Gasteiger partial charge is 0.380 e. The molecule has 0 aliphatic carbocycles. The third kappa shape index (κ3) is 10.6. The second-order valence-electron chi connectivity index (χ2n) is 4.55. The summed E-state index contributed by atoms with van der Waals surface area (Å²) in [5, 5.41) is 3.31. The van der Waals surface area contributed by atoms with E-state index < -0.39 is 0 Å². The Balaban J connectivity index is 3.95.